The summed E-state index contributed by atoms with van der Waals surface area (Å²) in [5, 5.41) is 37.1. The number of benzene rings is 1. The molecule has 0 saturated carbocycles. The Hall–Kier alpha value is -1.67. The summed E-state index contributed by atoms with van der Waals surface area (Å²) in [6, 6.07) is 5.41. The molecule has 1 aromatic heterocycles. The molecule has 0 fully saturated rings. The summed E-state index contributed by atoms with van der Waals surface area (Å²) in [5.41, 5.74) is 1.80. The molecule has 2 unspecified atom stereocenters. The third-order valence-corrected chi connectivity index (χ3v) is 3.38. The van der Waals surface area contributed by atoms with E-state index in [0.717, 1.165) is 5.56 Å². The molecular formula is C14H20N2O5. The molecule has 7 nitrogen and oxygen atoms in total. The lowest BCUT2D eigenvalue weighted by atomic mass is 10.2. The Bertz CT molecular complexity index is 676. The third-order valence-electron chi connectivity index (χ3n) is 3.38. The van der Waals surface area contributed by atoms with Crippen LogP contribution in [0.3, 0.4) is 0 Å². The van der Waals surface area contributed by atoms with Gasteiger partial charge < -0.3 is 20.4 Å². The molecule has 2 atom stereocenters. The lowest BCUT2D eigenvalue weighted by Gasteiger charge is -2.08. The summed E-state index contributed by atoms with van der Waals surface area (Å²) in [5.74, 6) is 0. The molecule has 0 radical (unpaired) electrons. The Morgan fingerprint density at radius 1 is 1.00 bits per heavy atom. The molecule has 0 aliphatic heterocycles. The molecule has 2 aromatic rings. The smallest absolute Gasteiger partial charge is 0.329 e. The average Bonchev–Trinajstić information content (AvgIpc) is 2.72. The highest BCUT2D eigenvalue weighted by Gasteiger charge is 2.17. The number of aromatic nitrogens is 2. The molecule has 0 bridgehead atoms. The largest absolute Gasteiger partial charge is 0.394 e. The molecule has 116 valence electrons. The second kappa shape index (κ2) is 6.40. The standard InChI is InChI=1S/C14H20N2O5/c1-9-2-3-12-13(4-9)16(6-11(20)8-18)14(21)15(12)5-10(19)7-17/h2-4,10-11,17-20H,5-8H2,1H3. The van der Waals surface area contributed by atoms with Gasteiger partial charge in [-0.1, -0.05) is 6.07 Å². The topological polar surface area (TPSA) is 108 Å². The third kappa shape index (κ3) is 3.16. The van der Waals surface area contributed by atoms with Gasteiger partial charge in [-0.2, -0.15) is 0 Å². The van der Waals surface area contributed by atoms with Gasteiger partial charge in [0.05, 0.1) is 49.5 Å². The van der Waals surface area contributed by atoms with Crippen molar-refractivity contribution in [3.8, 4) is 0 Å². The highest BCUT2D eigenvalue weighted by molar-refractivity contribution is 5.77. The second-order valence-electron chi connectivity index (χ2n) is 5.17. The lowest BCUT2D eigenvalue weighted by molar-refractivity contribution is 0.0771. The van der Waals surface area contributed by atoms with E-state index in [-0.39, 0.29) is 13.1 Å². The van der Waals surface area contributed by atoms with Gasteiger partial charge >= 0.3 is 5.69 Å². The molecule has 0 aliphatic rings. The summed E-state index contributed by atoms with van der Waals surface area (Å²) in [7, 11) is 0. The minimum atomic E-state index is -1.04. The number of hydrogen-bond acceptors (Lipinski definition) is 5. The van der Waals surface area contributed by atoms with E-state index < -0.39 is 31.1 Å². The van der Waals surface area contributed by atoms with Gasteiger partial charge in [-0.3, -0.25) is 9.13 Å². The van der Waals surface area contributed by atoms with Crippen LogP contribution < -0.4 is 5.69 Å². The minimum Gasteiger partial charge on any atom is -0.394 e. The first-order valence-electron chi connectivity index (χ1n) is 6.75. The fourth-order valence-corrected chi connectivity index (χ4v) is 2.32. The van der Waals surface area contributed by atoms with Crippen molar-refractivity contribution < 1.29 is 20.4 Å². The Kier molecular flexibility index (Phi) is 4.79. The molecule has 1 heterocycles. The van der Waals surface area contributed by atoms with Crippen LogP contribution >= 0.6 is 0 Å². The molecule has 1 aromatic carbocycles. The van der Waals surface area contributed by atoms with Crippen LogP contribution in [0.25, 0.3) is 11.0 Å². The maximum atomic E-state index is 12.4. The second-order valence-corrected chi connectivity index (χ2v) is 5.17. The minimum absolute atomic E-state index is 0.0303. The van der Waals surface area contributed by atoms with E-state index in [2.05, 4.69) is 0 Å². The van der Waals surface area contributed by atoms with Crippen molar-refractivity contribution in [3.05, 3.63) is 34.2 Å². The van der Waals surface area contributed by atoms with Gasteiger partial charge in [-0.05, 0) is 24.6 Å². The maximum Gasteiger partial charge on any atom is 0.329 e. The van der Waals surface area contributed by atoms with E-state index in [1.807, 2.05) is 19.1 Å². The average molecular weight is 296 g/mol. The van der Waals surface area contributed by atoms with Crippen molar-refractivity contribution in [2.24, 2.45) is 0 Å². The fraction of sp³-hybridized carbons (Fsp3) is 0.500. The molecule has 2 rings (SSSR count). The SMILES string of the molecule is Cc1ccc2c(c1)n(CC(O)CO)c(=O)n2CC(O)CO. The first-order chi connectivity index (χ1) is 9.97. The van der Waals surface area contributed by atoms with E-state index in [0.29, 0.717) is 11.0 Å². The maximum absolute atomic E-state index is 12.4. The molecule has 0 amide bonds. The molecule has 7 heteroatoms. The quantitative estimate of drug-likeness (QED) is 0.536. The Morgan fingerprint density at radius 2 is 1.52 bits per heavy atom. The van der Waals surface area contributed by atoms with Gasteiger partial charge in [-0.15, -0.1) is 0 Å². The van der Waals surface area contributed by atoms with Crippen molar-refractivity contribution in [2.75, 3.05) is 13.2 Å². The zero-order valence-electron chi connectivity index (χ0n) is 11.8. The Morgan fingerprint density at radius 3 is 2.05 bits per heavy atom. The van der Waals surface area contributed by atoms with Crippen molar-refractivity contribution in [1.82, 2.24) is 9.13 Å². The highest BCUT2D eigenvalue weighted by Crippen LogP contribution is 2.16. The zero-order valence-corrected chi connectivity index (χ0v) is 11.8. The van der Waals surface area contributed by atoms with E-state index in [4.69, 9.17) is 10.2 Å². The molecule has 0 saturated heterocycles. The van der Waals surface area contributed by atoms with Crippen molar-refractivity contribution in [3.63, 3.8) is 0 Å². The van der Waals surface area contributed by atoms with E-state index in [1.165, 1.54) is 9.13 Å². The number of fused-ring (bicyclic) bond motifs is 1. The number of nitrogens with zero attached hydrogens (tertiary/aromatic N) is 2. The highest BCUT2D eigenvalue weighted by atomic mass is 16.3. The van der Waals surface area contributed by atoms with Crippen LogP contribution in [0.2, 0.25) is 0 Å². The van der Waals surface area contributed by atoms with Crippen LogP contribution in [-0.4, -0.2) is 55.0 Å². The van der Waals surface area contributed by atoms with Crippen LogP contribution in [0.4, 0.5) is 0 Å². The number of hydrogen-bond donors (Lipinski definition) is 4. The summed E-state index contributed by atoms with van der Waals surface area (Å²) in [6.45, 7) is 0.944. The van der Waals surface area contributed by atoms with Gasteiger partial charge in [0.25, 0.3) is 0 Å². The van der Waals surface area contributed by atoms with Crippen LogP contribution in [-0.2, 0) is 13.1 Å². The number of aliphatic hydroxyl groups is 4. The van der Waals surface area contributed by atoms with Crippen LogP contribution in [0.5, 0.6) is 0 Å². The van der Waals surface area contributed by atoms with Crippen molar-refractivity contribution in [1.29, 1.82) is 0 Å². The molecular weight excluding hydrogens is 276 g/mol. The molecule has 21 heavy (non-hydrogen) atoms. The van der Waals surface area contributed by atoms with Gasteiger partial charge in [0.15, 0.2) is 0 Å². The number of rotatable bonds is 6. The predicted octanol–water partition coefficient (Wildman–Crippen LogP) is -1.18. The predicted molar refractivity (Wildman–Crippen MR) is 77.1 cm³/mol. The van der Waals surface area contributed by atoms with Crippen molar-refractivity contribution in [2.45, 2.75) is 32.2 Å². The van der Waals surface area contributed by atoms with Crippen molar-refractivity contribution >= 4 is 11.0 Å². The Labute approximate surface area is 121 Å². The monoisotopic (exact) mass is 296 g/mol. The first kappa shape index (κ1) is 15.7. The number of imidazole rings is 1. The van der Waals surface area contributed by atoms with Crippen LogP contribution in [0, 0.1) is 6.92 Å². The summed E-state index contributed by atoms with van der Waals surface area (Å²) in [6.07, 6.45) is -2.07. The van der Waals surface area contributed by atoms with Gasteiger partial charge in [0.1, 0.15) is 0 Å². The fourth-order valence-electron chi connectivity index (χ4n) is 2.32. The van der Waals surface area contributed by atoms with E-state index in [1.54, 1.807) is 6.07 Å². The molecule has 4 N–H and O–H groups in total. The normalized spacial score (nSPS) is 14.5. The molecule has 0 aliphatic carbocycles. The number of aryl methyl sites for hydroxylation is 1. The summed E-state index contributed by atoms with van der Waals surface area (Å²) < 4.78 is 2.73. The first-order valence-corrected chi connectivity index (χ1v) is 6.75. The zero-order chi connectivity index (χ0) is 15.6. The molecule has 0 spiro atoms. The lowest BCUT2D eigenvalue weighted by Crippen LogP contribution is -2.33. The Balaban J connectivity index is 2.58. The van der Waals surface area contributed by atoms with Gasteiger partial charge in [0, 0.05) is 0 Å². The van der Waals surface area contributed by atoms with E-state index >= 15 is 0 Å². The van der Waals surface area contributed by atoms with Crippen LogP contribution in [0.15, 0.2) is 23.0 Å². The number of aliphatic hydroxyl groups excluding tert-OH is 4. The van der Waals surface area contributed by atoms with Crippen LogP contribution in [0.1, 0.15) is 5.56 Å². The summed E-state index contributed by atoms with van der Waals surface area (Å²) in [4.78, 5) is 12.4. The van der Waals surface area contributed by atoms with Gasteiger partial charge in [0.2, 0.25) is 0 Å². The van der Waals surface area contributed by atoms with E-state index in [9.17, 15) is 15.0 Å². The van der Waals surface area contributed by atoms with Gasteiger partial charge in [-0.25, -0.2) is 4.79 Å². The summed E-state index contributed by atoms with van der Waals surface area (Å²) >= 11 is 0.